The fourth-order valence-corrected chi connectivity index (χ4v) is 4.53. The number of likely N-dealkylation sites (tertiary alicyclic amines) is 1. The lowest BCUT2D eigenvalue weighted by atomic mass is 10.1. The van der Waals surface area contributed by atoms with E-state index in [1.54, 1.807) is 17.0 Å². The number of imidazole rings is 1. The highest BCUT2D eigenvalue weighted by molar-refractivity contribution is 5.97. The van der Waals surface area contributed by atoms with Gasteiger partial charge in [0.05, 0.1) is 23.2 Å². The normalized spacial score (nSPS) is 18.6. The molecular weight excluding hydrogens is 406 g/mol. The van der Waals surface area contributed by atoms with Crippen LogP contribution in [0.4, 0.5) is 0 Å². The van der Waals surface area contributed by atoms with E-state index < -0.39 is 12.0 Å². The van der Waals surface area contributed by atoms with Gasteiger partial charge in [0.2, 0.25) is 11.8 Å². The largest absolute Gasteiger partial charge is 0.389 e. The van der Waals surface area contributed by atoms with Gasteiger partial charge in [-0.1, -0.05) is 6.07 Å². The molecule has 2 aromatic heterocycles. The van der Waals surface area contributed by atoms with Crippen LogP contribution in [0.1, 0.15) is 34.2 Å². The molecule has 2 amide bonds. The molecule has 0 bridgehead atoms. The summed E-state index contributed by atoms with van der Waals surface area (Å²) < 4.78 is 1.97. The Morgan fingerprint density at radius 2 is 2.03 bits per heavy atom. The minimum absolute atomic E-state index is 0.00402. The number of nitrogens with zero attached hydrogens (tertiary/aromatic N) is 3. The second kappa shape index (κ2) is 7.80. The molecule has 2 atom stereocenters. The standard InChI is InChI=1S/C24H25N5O3/c1-14-2-4-17-18(10-14)27-22(26-17)6-7-23(31)28-12-20(21(30)13-28)29-9-8-15-11-16(24(25)32)3-5-19(15)29/h2-5,8-11,20-21,30H,6-7,12-13H2,1H3,(H2,25,32)(H,26,27)/t20-,21-/m1/s1. The molecule has 0 radical (unpaired) electrons. The van der Waals surface area contributed by atoms with Crippen LogP contribution in [0, 0.1) is 6.92 Å². The van der Waals surface area contributed by atoms with Crippen LogP contribution < -0.4 is 5.73 Å². The third-order valence-electron chi connectivity index (χ3n) is 6.24. The fourth-order valence-electron chi connectivity index (χ4n) is 4.53. The Kier molecular flexibility index (Phi) is 4.94. The quantitative estimate of drug-likeness (QED) is 0.449. The molecule has 3 heterocycles. The van der Waals surface area contributed by atoms with Crippen molar-refractivity contribution < 1.29 is 14.7 Å². The van der Waals surface area contributed by atoms with Crippen molar-refractivity contribution in [1.29, 1.82) is 0 Å². The van der Waals surface area contributed by atoms with Gasteiger partial charge in [0.1, 0.15) is 5.82 Å². The van der Waals surface area contributed by atoms with Crippen LogP contribution in [0.5, 0.6) is 0 Å². The van der Waals surface area contributed by atoms with Crippen molar-refractivity contribution in [1.82, 2.24) is 19.4 Å². The minimum Gasteiger partial charge on any atom is -0.389 e. The Morgan fingerprint density at radius 3 is 2.84 bits per heavy atom. The maximum Gasteiger partial charge on any atom is 0.248 e. The highest BCUT2D eigenvalue weighted by Crippen LogP contribution is 2.28. The monoisotopic (exact) mass is 431 g/mol. The molecule has 1 saturated heterocycles. The molecule has 0 unspecified atom stereocenters. The number of primary amides is 1. The number of aryl methyl sites for hydroxylation is 2. The van der Waals surface area contributed by atoms with Crippen molar-refractivity contribution >= 4 is 33.8 Å². The highest BCUT2D eigenvalue weighted by Gasteiger charge is 2.35. The summed E-state index contributed by atoms with van der Waals surface area (Å²) in [5.41, 5.74) is 9.74. The summed E-state index contributed by atoms with van der Waals surface area (Å²) in [4.78, 5) is 33.8. The molecule has 4 aromatic rings. The van der Waals surface area contributed by atoms with Crippen LogP contribution in [0.3, 0.4) is 0 Å². The molecule has 8 nitrogen and oxygen atoms in total. The van der Waals surface area contributed by atoms with E-state index in [0.717, 1.165) is 33.3 Å². The average molecular weight is 431 g/mol. The second-order valence-electron chi connectivity index (χ2n) is 8.50. The molecule has 0 spiro atoms. The summed E-state index contributed by atoms with van der Waals surface area (Å²) in [6, 6.07) is 12.9. The first-order valence-corrected chi connectivity index (χ1v) is 10.7. The molecule has 5 rings (SSSR count). The smallest absolute Gasteiger partial charge is 0.248 e. The first kappa shape index (κ1) is 20.3. The third kappa shape index (κ3) is 3.62. The van der Waals surface area contributed by atoms with E-state index in [4.69, 9.17) is 5.73 Å². The lowest BCUT2D eigenvalue weighted by Gasteiger charge is -2.18. The Hall–Kier alpha value is -3.65. The van der Waals surface area contributed by atoms with E-state index in [9.17, 15) is 14.7 Å². The van der Waals surface area contributed by atoms with Crippen molar-refractivity contribution in [3.8, 4) is 0 Å². The molecule has 164 valence electrons. The average Bonchev–Trinajstić information content (AvgIpc) is 3.47. The van der Waals surface area contributed by atoms with Crippen LogP contribution in [-0.4, -0.2) is 55.5 Å². The molecule has 8 heteroatoms. The first-order chi connectivity index (χ1) is 15.4. The second-order valence-corrected chi connectivity index (χ2v) is 8.50. The van der Waals surface area contributed by atoms with E-state index in [1.165, 1.54) is 0 Å². The van der Waals surface area contributed by atoms with Gasteiger partial charge in [0.15, 0.2) is 0 Å². The first-order valence-electron chi connectivity index (χ1n) is 10.7. The summed E-state index contributed by atoms with van der Waals surface area (Å²) in [6.07, 6.45) is 2.06. The van der Waals surface area contributed by atoms with Crippen molar-refractivity contribution in [2.24, 2.45) is 5.73 Å². The van der Waals surface area contributed by atoms with Crippen LogP contribution in [-0.2, 0) is 11.2 Å². The number of β-amino-alcohol motifs (C(OH)–C–C–N with tert-alkyl or cyclic N) is 1. The van der Waals surface area contributed by atoms with E-state index in [1.807, 2.05) is 48.0 Å². The van der Waals surface area contributed by atoms with E-state index in [2.05, 4.69) is 9.97 Å². The number of fused-ring (bicyclic) bond motifs is 2. The number of hydrogen-bond donors (Lipinski definition) is 3. The van der Waals surface area contributed by atoms with Gasteiger partial charge in [-0.3, -0.25) is 9.59 Å². The number of carbonyl (C=O) groups is 2. The number of aliphatic hydroxyl groups excluding tert-OH is 1. The van der Waals surface area contributed by atoms with Crippen LogP contribution in [0.25, 0.3) is 21.9 Å². The zero-order valence-electron chi connectivity index (χ0n) is 17.8. The summed E-state index contributed by atoms with van der Waals surface area (Å²) in [6.45, 7) is 2.76. The highest BCUT2D eigenvalue weighted by atomic mass is 16.3. The van der Waals surface area contributed by atoms with Gasteiger partial charge in [0, 0.05) is 48.6 Å². The zero-order chi connectivity index (χ0) is 22.4. The number of carbonyl (C=O) groups excluding carboxylic acids is 2. The van der Waals surface area contributed by atoms with Crippen LogP contribution in [0.15, 0.2) is 48.7 Å². The van der Waals surface area contributed by atoms with Gasteiger partial charge in [-0.15, -0.1) is 0 Å². The van der Waals surface area contributed by atoms with Crippen molar-refractivity contribution in [3.05, 3.63) is 65.6 Å². The Labute approximate surface area is 184 Å². The Balaban J connectivity index is 1.27. The predicted octanol–water partition coefficient (Wildman–Crippen LogP) is 2.30. The number of hydrogen-bond acceptors (Lipinski definition) is 4. The number of aromatic nitrogens is 3. The van der Waals surface area contributed by atoms with Crippen molar-refractivity contribution in [2.75, 3.05) is 13.1 Å². The molecule has 4 N–H and O–H groups in total. The molecule has 2 aromatic carbocycles. The van der Waals surface area contributed by atoms with E-state index in [0.29, 0.717) is 31.5 Å². The number of nitrogens with two attached hydrogens (primary N) is 1. The lowest BCUT2D eigenvalue weighted by Crippen LogP contribution is -2.29. The van der Waals surface area contributed by atoms with Crippen LogP contribution in [0.2, 0.25) is 0 Å². The van der Waals surface area contributed by atoms with Gasteiger partial charge in [-0.2, -0.15) is 0 Å². The molecule has 1 aliphatic heterocycles. The number of nitrogens with one attached hydrogen (secondary N) is 1. The summed E-state index contributed by atoms with van der Waals surface area (Å²) in [7, 11) is 0. The van der Waals surface area contributed by atoms with E-state index >= 15 is 0 Å². The molecular formula is C24H25N5O3. The SMILES string of the molecule is Cc1ccc2nc(CCC(=O)N3C[C@@H](O)[C@H](n4ccc5cc(C(N)=O)ccc54)C3)[nH]c2c1. The van der Waals surface area contributed by atoms with E-state index in [-0.39, 0.29) is 11.9 Å². The molecule has 1 fully saturated rings. The third-order valence-corrected chi connectivity index (χ3v) is 6.24. The zero-order valence-corrected chi connectivity index (χ0v) is 17.8. The van der Waals surface area contributed by atoms with Crippen molar-refractivity contribution in [2.45, 2.75) is 31.9 Å². The maximum absolute atomic E-state index is 12.8. The Bertz CT molecular complexity index is 1340. The van der Waals surface area contributed by atoms with Crippen LogP contribution >= 0.6 is 0 Å². The fraction of sp³-hybridized carbons (Fsp3) is 0.292. The van der Waals surface area contributed by atoms with Gasteiger partial charge in [0.25, 0.3) is 0 Å². The number of amides is 2. The van der Waals surface area contributed by atoms with Gasteiger partial charge < -0.3 is 25.3 Å². The summed E-state index contributed by atoms with van der Waals surface area (Å²) in [5.74, 6) is 0.310. The maximum atomic E-state index is 12.8. The molecule has 1 aliphatic rings. The topological polar surface area (TPSA) is 117 Å². The summed E-state index contributed by atoms with van der Waals surface area (Å²) >= 11 is 0. The minimum atomic E-state index is -0.667. The predicted molar refractivity (Wildman–Crippen MR) is 121 cm³/mol. The molecule has 0 saturated carbocycles. The molecule has 0 aliphatic carbocycles. The number of H-pyrrole nitrogens is 1. The van der Waals surface area contributed by atoms with Gasteiger partial charge in [-0.25, -0.2) is 4.98 Å². The number of benzene rings is 2. The number of rotatable bonds is 5. The van der Waals surface area contributed by atoms with Gasteiger partial charge >= 0.3 is 0 Å². The lowest BCUT2D eigenvalue weighted by molar-refractivity contribution is -0.130. The Morgan fingerprint density at radius 1 is 1.19 bits per heavy atom. The number of aromatic amines is 1. The molecule has 32 heavy (non-hydrogen) atoms. The summed E-state index contributed by atoms with van der Waals surface area (Å²) in [5, 5.41) is 11.6. The number of aliphatic hydroxyl groups is 1. The van der Waals surface area contributed by atoms with Crippen molar-refractivity contribution in [3.63, 3.8) is 0 Å². The van der Waals surface area contributed by atoms with Gasteiger partial charge in [-0.05, 0) is 48.9 Å².